The monoisotopic (exact) mass is 431 g/mol. The van der Waals surface area contributed by atoms with Crippen LogP contribution in [0.5, 0.6) is 17.4 Å². The number of rotatable bonds is 7. The summed E-state index contributed by atoms with van der Waals surface area (Å²) >= 11 is 0. The lowest BCUT2D eigenvalue weighted by Crippen LogP contribution is -2.29. The van der Waals surface area contributed by atoms with Crippen molar-refractivity contribution in [3.05, 3.63) is 54.2 Å². The standard InChI is InChI=1S/C21H20F3N5O2/c1-30-16-4-5-17(19(24)18(16)23)31-21-15(27-10-14-3-2-6-26-14)11-28-20(29-21)12-7-13(22)9-25-8-12/h4-5,7-9,11,14,26-27H,2-3,6,10H2,1H3/t14-/m0/s1. The summed E-state index contributed by atoms with van der Waals surface area (Å²) in [7, 11) is 1.24. The third-order valence-electron chi connectivity index (χ3n) is 4.86. The van der Waals surface area contributed by atoms with Gasteiger partial charge in [0.05, 0.1) is 19.5 Å². The Morgan fingerprint density at radius 1 is 1.13 bits per heavy atom. The molecular formula is C21H20F3N5O2. The largest absolute Gasteiger partial charge is 0.494 e. The highest BCUT2D eigenvalue weighted by atomic mass is 19.2. The Hall–Kier alpha value is -3.40. The maximum Gasteiger partial charge on any atom is 0.246 e. The smallest absolute Gasteiger partial charge is 0.246 e. The van der Waals surface area contributed by atoms with Gasteiger partial charge in [0.2, 0.25) is 17.5 Å². The van der Waals surface area contributed by atoms with Crippen molar-refractivity contribution in [3.8, 4) is 28.8 Å². The van der Waals surface area contributed by atoms with Crippen LogP contribution < -0.4 is 20.1 Å². The Morgan fingerprint density at radius 2 is 1.94 bits per heavy atom. The molecular weight excluding hydrogens is 411 g/mol. The van der Waals surface area contributed by atoms with Crippen LogP contribution in [0.15, 0.2) is 36.8 Å². The van der Waals surface area contributed by atoms with E-state index in [-0.39, 0.29) is 29.2 Å². The summed E-state index contributed by atoms with van der Waals surface area (Å²) < 4.78 is 52.5. The Kier molecular flexibility index (Phi) is 6.17. The van der Waals surface area contributed by atoms with Gasteiger partial charge in [-0.3, -0.25) is 4.98 Å². The van der Waals surface area contributed by atoms with Crippen molar-refractivity contribution in [2.24, 2.45) is 0 Å². The number of pyridine rings is 1. The lowest BCUT2D eigenvalue weighted by molar-refractivity contribution is 0.356. The SMILES string of the molecule is COc1ccc(Oc2nc(-c3cncc(F)c3)ncc2NC[C@@H]2CCCN2)c(F)c1F. The molecule has 1 aliphatic heterocycles. The van der Waals surface area contributed by atoms with Crippen molar-refractivity contribution in [2.45, 2.75) is 18.9 Å². The first-order valence-corrected chi connectivity index (χ1v) is 9.70. The number of anilines is 1. The van der Waals surface area contributed by atoms with E-state index in [1.165, 1.54) is 37.7 Å². The second-order valence-corrected chi connectivity index (χ2v) is 6.97. The summed E-state index contributed by atoms with van der Waals surface area (Å²) in [6.07, 6.45) is 5.99. The van der Waals surface area contributed by atoms with E-state index >= 15 is 0 Å². The third-order valence-corrected chi connectivity index (χ3v) is 4.86. The predicted octanol–water partition coefficient (Wildman–Crippen LogP) is 3.92. The third kappa shape index (κ3) is 4.69. The van der Waals surface area contributed by atoms with E-state index in [0.29, 0.717) is 17.8 Å². The van der Waals surface area contributed by atoms with Crippen molar-refractivity contribution in [1.82, 2.24) is 20.3 Å². The zero-order chi connectivity index (χ0) is 21.8. The second-order valence-electron chi connectivity index (χ2n) is 6.97. The average molecular weight is 431 g/mol. The van der Waals surface area contributed by atoms with Crippen molar-refractivity contribution < 1.29 is 22.6 Å². The highest BCUT2D eigenvalue weighted by molar-refractivity contribution is 5.60. The quantitative estimate of drug-likeness (QED) is 0.587. The highest BCUT2D eigenvalue weighted by Crippen LogP contribution is 2.34. The fraction of sp³-hybridized carbons (Fsp3) is 0.286. The number of aromatic nitrogens is 3. The number of hydrogen-bond donors (Lipinski definition) is 2. The van der Waals surface area contributed by atoms with Crippen molar-refractivity contribution in [2.75, 3.05) is 25.5 Å². The molecule has 3 heterocycles. The minimum Gasteiger partial charge on any atom is -0.494 e. The van der Waals surface area contributed by atoms with Gasteiger partial charge in [-0.2, -0.15) is 13.8 Å². The first-order valence-electron chi connectivity index (χ1n) is 9.70. The van der Waals surface area contributed by atoms with Crippen LogP contribution in [0.1, 0.15) is 12.8 Å². The number of methoxy groups -OCH3 is 1. The molecule has 2 N–H and O–H groups in total. The number of halogens is 3. The van der Waals surface area contributed by atoms with Crippen LogP contribution in [0, 0.1) is 17.5 Å². The molecule has 3 aromatic rings. The zero-order valence-electron chi connectivity index (χ0n) is 16.7. The number of nitrogens with one attached hydrogen (secondary N) is 2. The van der Waals surface area contributed by atoms with Crippen molar-refractivity contribution in [3.63, 3.8) is 0 Å². The molecule has 0 aliphatic carbocycles. The topological polar surface area (TPSA) is 81.2 Å². The van der Waals surface area contributed by atoms with Crippen LogP contribution in [0.4, 0.5) is 18.9 Å². The van der Waals surface area contributed by atoms with Gasteiger partial charge in [-0.1, -0.05) is 0 Å². The fourth-order valence-corrected chi connectivity index (χ4v) is 3.26. The van der Waals surface area contributed by atoms with Gasteiger partial charge < -0.3 is 20.1 Å². The summed E-state index contributed by atoms with van der Waals surface area (Å²) in [5, 5.41) is 6.53. The summed E-state index contributed by atoms with van der Waals surface area (Å²) in [6, 6.07) is 3.97. The van der Waals surface area contributed by atoms with E-state index in [4.69, 9.17) is 9.47 Å². The molecule has 0 saturated carbocycles. The Labute approximate surface area is 176 Å². The van der Waals surface area contributed by atoms with Gasteiger partial charge in [0.25, 0.3) is 0 Å². The Balaban J connectivity index is 1.67. The molecule has 1 fully saturated rings. The lowest BCUT2D eigenvalue weighted by Gasteiger charge is -2.16. The molecule has 1 aliphatic rings. The number of hydrogen-bond acceptors (Lipinski definition) is 7. The molecule has 0 amide bonds. The average Bonchev–Trinajstić information content (AvgIpc) is 3.30. The summed E-state index contributed by atoms with van der Waals surface area (Å²) in [6.45, 7) is 1.51. The molecule has 1 saturated heterocycles. The Bertz CT molecular complexity index is 1080. The van der Waals surface area contributed by atoms with E-state index in [9.17, 15) is 13.2 Å². The second kappa shape index (κ2) is 9.17. The van der Waals surface area contributed by atoms with Gasteiger partial charge in [0, 0.05) is 24.3 Å². The molecule has 4 rings (SSSR count). The van der Waals surface area contributed by atoms with Gasteiger partial charge in [-0.25, -0.2) is 9.37 Å². The van der Waals surface area contributed by atoms with E-state index in [0.717, 1.165) is 25.6 Å². The molecule has 0 unspecified atom stereocenters. The van der Waals surface area contributed by atoms with Gasteiger partial charge in [-0.05, 0) is 37.6 Å². The maximum absolute atomic E-state index is 14.5. The first-order chi connectivity index (χ1) is 15.0. The van der Waals surface area contributed by atoms with E-state index in [1.807, 2.05) is 0 Å². The zero-order valence-corrected chi connectivity index (χ0v) is 16.7. The molecule has 0 radical (unpaired) electrons. The first kappa shape index (κ1) is 20.9. The molecule has 7 nitrogen and oxygen atoms in total. The van der Waals surface area contributed by atoms with Crippen LogP contribution in [-0.2, 0) is 0 Å². The minimum absolute atomic E-state index is 0.0317. The summed E-state index contributed by atoms with van der Waals surface area (Å²) in [5.74, 6) is -3.46. The summed E-state index contributed by atoms with van der Waals surface area (Å²) in [4.78, 5) is 12.3. The molecule has 10 heteroatoms. The number of ether oxygens (including phenoxy) is 2. The van der Waals surface area contributed by atoms with Crippen LogP contribution in [-0.4, -0.2) is 41.2 Å². The van der Waals surface area contributed by atoms with Gasteiger partial charge >= 0.3 is 0 Å². The van der Waals surface area contributed by atoms with Crippen LogP contribution in [0.25, 0.3) is 11.4 Å². The molecule has 2 aromatic heterocycles. The maximum atomic E-state index is 14.5. The molecule has 31 heavy (non-hydrogen) atoms. The molecule has 1 atom stereocenters. The van der Waals surface area contributed by atoms with Gasteiger partial charge in [0.15, 0.2) is 17.3 Å². The molecule has 162 valence electrons. The Morgan fingerprint density at radius 3 is 2.68 bits per heavy atom. The summed E-state index contributed by atoms with van der Waals surface area (Å²) in [5.41, 5.74) is 0.702. The van der Waals surface area contributed by atoms with Crippen LogP contribution in [0.3, 0.4) is 0 Å². The lowest BCUT2D eigenvalue weighted by atomic mass is 10.2. The van der Waals surface area contributed by atoms with E-state index in [2.05, 4.69) is 25.6 Å². The molecule has 1 aromatic carbocycles. The molecule has 0 bridgehead atoms. The van der Waals surface area contributed by atoms with Gasteiger partial charge in [-0.15, -0.1) is 0 Å². The van der Waals surface area contributed by atoms with Crippen LogP contribution >= 0.6 is 0 Å². The van der Waals surface area contributed by atoms with Crippen LogP contribution in [0.2, 0.25) is 0 Å². The van der Waals surface area contributed by atoms with Gasteiger partial charge in [0.1, 0.15) is 11.5 Å². The van der Waals surface area contributed by atoms with Crippen molar-refractivity contribution >= 4 is 5.69 Å². The van der Waals surface area contributed by atoms with Crippen molar-refractivity contribution in [1.29, 1.82) is 0 Å². The number of nitrogens with zero attached hydrogens (tertiary/aromatic N) is 3. The normalized spacial score (nSPS) is 15.7. The fourth-order valence-electron chi connectivity index (χ4n) is 3.26. The molecule has 0 spiro atoms. The number of benzene rings is 1. The predicted molar refractivity (Wildman–Crippen MR) is 108 cm³/mol. The van der Waals surface area contributed by atoms with E-state index in [1.54, 1.807) is 0 Å². The highest BCUT2D eigenvalue weighted by Gasteiger charge is 2.20. The van der Waals surface area contributed by atoms with E-state index < -0.39 is 17.5 Å². The minimum atomic E-state index is -1.21.